The Morgan fingerprint density at radius 2 is 1.37 bits per heavy atom. The fourth-order valence-corrected chi connectivity index (χ4v) is 3.67. The lowest BCUT2D eigenvalue weighted by Gasteiger charge is -2.40. The highest BCUT2D eigenvalue weighted by Gasteiger charge is 2.37. The van der Waals surface area contributed by atoms with E-state index < -0.39 is 0 Å². The second kappa shape index (κ2) is 8.12. The molecule has 0 aromatic carbocycles. The molecule has 0 saturated carbocycles. The predicted molar refractivity (Wildman–Crippen MR) is 89.5 cm³/mol. The van der Waals surface area contributed by atoms with Crippen molar-refractivity contribution < 1.29 is 0 Å². The first-order chi connectivity index (χ1) is 8.80. The number of rotatable bonds is 3. The van der Waals surface area contributed by atoms with Gasteiger partial charge in [0.2, 0.25) is 0 Å². The summed E-state index contributed by atoms with van der Waals surface area (Å²) in [6.45, 7) is 20.9. The molecule has 0 heterocycles. The van der Waals surface area contributed by atoms with Crippen molar-refractivity contribution in [3.05, 3.63) is 11.1 Å². The van der Waals surface area contributed by atoms with Crippen LogP contribution in [0.4, 0.5) is 0 Å². The molecule has 0 aromatic heterocycles. The van der Waals surface area contributed by atoms with Gasteiger partial charge in [-0.3, -0.25) is 0 Å². The molecule has 1 aliphatic rings. The SMILES string of the molecule is CC.CC(C)C1=C(C(C)C)C(C)(C(C)C)CCCC1. The van der Waals surface area contributed by atoms with Crippen LogP contribution in [0.15, 0.2) is 11.1 Å². The molecule has 114 valence electrons. The minimum Gasteiger partial charge on any atom is -0.0683 e. The molecule has 0 aliphatic heterocycles. The Hall–Kier alpha value is -0.260. The van der Waals surface area contributed by atoms with Crippen LogP contribution in [0.3, 0.4) is 0 Å². The van der Waals surface area contributed by atoms with Crippen LogP contribution in [-0.2, 0) is 0 Å². The van der Waals surface area contributed by atoms with E-state index in [1.165, 1.54) is 25.7 Å². The largest absolute Gasteiger partial charge is 0.0683 e. The lowest BCUT2D eigenvalue weighted by molar-refractivity contribution is 0.231. The van der Waals surface area contributed by atoms with E-state index in [0.29, 0.717) is 11.3 Å². The molecule has 0 radical (unpaired) electrons. The molecule has 1 aliphatic carbocycles. The molecular formula is C19H38. The van der Waals surface area contributed by atoms with Crippen LogP contribution in [0.5, 0.6) is 0 Å². The average Bonchev–Trinajstić information content (AvgIpc) is 2.51. The Labute approximate surface area is 123 Å². The van der Waals surface area contributed by atoms with Gasteiger partial charge in [-0.15, -0.1) is 0 Å². The van der Waals surface area contributed by atoms with Crippen LogP contribution < -0.4 is 0 Å². The van der Waals surface area contributed by atoms with Gasteiger partial charge < -0.3 is 0 Å². The van der Waals surface area contributed by atoms with E-state index in [-0.39, 0.29) is 0 Å². The first kappa shape index (κ1) is 18.7. The van der Waals surface area contributed by atoms with Gasteiger partial charge in [-0.25, -0.2) is 0 Å². The maximum absolute atomic E-state index is 2.51. The summed E-state index contributed by atoms with van der Waals surface area (Å²) in [6.07, 6.45) is 5.52. The second-order valence-electron chi connectivity index (χ2n) is 7.03. The van der Waals surface area contributed by atoms with Gasteiger partial charge >= 0.3 is 0 Å². The third-order valence-electron chi connectivity index (χ3n) is 4.90. The fraction of sp³-hybridized carbons (Fsp3) is 0.895. The molecule has 1 atom stereocenters. The van der Waals surface area contributed by atoms with E-state index in [2.05, 4.69) is 48.5 Å². The zero-order valence-electron chi connectivity index (χ0n) is 15.1. The quantitative estimate of drug-likeness (QED) is 0.490. The molecule has 0 aromatic rings. The number of hydrogen-bond donors (Lipinski definition) is 0. The van der Waals surface area contributed by atoms with E-state index in [1.54, 1.807) is 11.1 Å². The topological polar surface area (TPSA) is 0 Å². The van der Waals surface area contributed by atoms with Gasteiger partial charge in [0, 0.05) is 0 Å². The van der Waals surface area contributed by atoms with E-state index in [9.17, 15) is 0 Å². The van der Waals surface area contributed by atoms with Gasteiger partial charge in [0.15, 0.2) is 0 Å². The smallest absolute Gasteiger partial charge is 0.00880 e. The Balaban J connectivity index is 0.00000154. The molecular weight excluding hydrogens is 228 g/mol. The normalized spacial score (nSPS) is 24.6. The average molecular weight is 267 g/mol. The van der Waals surface area contributed by atoms with Crippen LogP contribution in [0.2, 0.25) is 0 Å². The molecule has 1 unspecified atom stereocenters. The third kappa shape index (κ3) is 4.36. The van der Waals surface area contributed by atoms with Crippen molar-refractivity contribution in [2.75, 3.05) is 0 Å². The van der Waals surface area contributed by atoms with Gasteiger partial charge in [-0.1, -0.05) is 79.9 Å². The Morgan fingerprint density at radius 3 is 1.74 bits per heavy atom. The molecule has 0 heteroatoms. The van der Waals surface area contributed by atoms with Crippen LogP contribution >= 0.6 is 0 Å². The summed E-state index contributed by atoms with van der Waals surface area (Å²) in [5.74, 6) is 2.19. The minimum atomic E-state index is 0.435. The fourth-order valence-electron chi connectivity index (χ4n) is 3.67. The van der Waals surface area contributed by atoms with Crippen LogP contribution in [0.25, 0.3) is 0 Å². The highest BCUT2D eigenvalue weighted by atomic mass is 14.4. The van der Waals surface area contributed by atoms with Crippen molar-refractivity contribution in [2.24, 2.45) is 23.2 Å². The molecule has 0 amide bonds. The van der Waals surface area contributed by atoms with E-state index in [0.717, 1.165) is 11.8 Å². The monoisotopic (exact) mass is 266 g/mol. The lowest BCUT2D eigenvalue weighted by atomic mass is 9.65. The minimum absolute atomic E-state index is 0.435. The second-order valence-corrected chi connectivity index (χ2v) is 7.03. The van der Waals surface area contributed by atoms with E-state index in [1.807, 2.05) is 13.8 Å². The summed E-state index contributed by atoms with van der Waals surface area (Å²) in [4.78, 5) is 0. The third-order valence-corrected chi connectivity index (χ3v) is 4.90. The van der Waals surface area contributed by atoms with Crippen molar-refractivity contribution in [2.45, 2.75) is 88.0 Å². The summed E-state index contributed by atoms with van der Waals surface area (Å²) >= 11 is 0. The lowest BCUT2D eigenvalue weighted by Crippen LogP contribution is -2.29. The van der Waals surface area contributed by atoms with Crippen LogP contribution in [-0.4, -0.2) is 0 Å². The van der Waals surface area contributed by atoms with Crippen LogP contribution in [0, 0.1) is 23.2 Å². The Bertz CT molecular complexity index is 280. The zero-order valence-corrected chi connectivity index (χ0v) is 15.1. The number of allylic oxidation sites excluding steroid dienone is 2. The maximum atomic E-state index is 2.51. The molecule has 1 rings (SSSR count). The van der Waals surface area contributed by atoms with Gasteiger partial charge in [0.05, 0.1) is 0 Å². The van der Waals surface area contributed by atoms with Gasteiger partial charge in [0.25, 0.3) is 0 Å². The molecule has 19 heavy (non-hydrogen) atoms. The molecule has 0 fully saturated rings. The zero-order chi connectivity index (χ0) is 15.2. The van der Waals surface area contributed by atoms with E-state index >= 15 is 0 Å². The first-order valence-electron chi connectivity index (χ1n) is 8.54. The standard InChI is InChI=1S/C17H32.C2H6/c1-12(2)15-10-8-9-11-17(7,14(5)6)16(15)13(3)4;1-2/h12-14H,8-11H2,1-7H3;1-2H3. The maximum Gasteiger partial charge on any atom is -0.00880 e. The van der Waals surface area contributed by atoms with Gasteiger partial charge in [-0.2, -0.15) is 0 Å². The van der Waals surface area contributed by atoms with Gasteiger partial charge in [-0.05, 0) is 42.4 Å². The van der Waals surface area contributed by atoms with Crippen molar-refractivity contribution in [3.63, 3.8) is 0 Å². The molecule has 0 N–H and O–H groups in total. The molecule has 0 bridgehead atoms. The number of hydrogen-bond acceptors (Lipinski definition) is 0. The summed E-state index contributed by atoms with van der Waals surface area (Å²) in [5, 5.41) is 0. The highest BCUT2D eigenvalue weighted by Crippen LogP contribution is 2.49. The van der Waals surface area contributed by atoms with Crippen LogP contribution in [0.1, 0.15) is 88.0 Å². The summed E-state index contributed by atoms with van der Waals surface area (Å²) in [7, 11) is 0. The molecule has 0 spiro atoms. The van der Waals surface area contributed by atoms with Crippen molar-refractivity contribution in [3.8, 4) is 0 Å². The Kier molecular flexibility index (Phi) is 8.01. The first-order valence-corrected chi connectivity index (χ1v) is 8.54. The Morgan fingerprint density at radius 1 is 0.842 bits per heavy atom. The molecule has 0 nitrogen and oxygen atoms in total. The van der Waals surface area contributed by atoms with E-state index in [4.69, 9.17) is 0 Å². The predicted octanol–water partition coefficient (Wildman–Crippen LogP) is 6.86. The van der Waals surface area contributed by atoms with Crippen molar-refractivity contribution >= 4 is 0 Å². The molecule has 0 saturated heterocycles. The van der Waals surface area contributed by atoms with Crippen molar-refractivity contribution in [1.29, 1.82) is 0 Å². The summed E-state index contributed by atoms with van der Waals surface area (Å²) in [6, 6.07) is 0. The summed E-state index contributed by atoms with van der Waals surface area (Å²) < 4.78 is 0. The van der Waals surface area contributed by atoms with Gasteiger partial charge in [0.1, 0.15) is 0 Å². The summed E-state index contributed by atoms with van der Waals surface area (Å²) in [5.41, 5.74) is 4.00. The van der Waals surface area contributed by atoms with Crippen molar-refractivity contribution in [1.82, 2.24) is 0 Å². The highest BCUT2D eigenvalue weighted by molar-refractivity contribution is 5.27.